The van der Waals surface area contributed by atoms with Gasteiger partial charge in [-0.05, 0) is 25.0 Å². The van der Waals surface area contributed by atoms with Crippen LogP contribution in [0.25, 0.3) is 0 Å². The van der Waals surface area contributed by atoms with E-state index in [4.69, 9.17) is 10.9 Å². The topological polar surface area (TPSA) is 74.7 Å². The second-order valence-corrected chi connectivity index (χ2v) is 4.79. The summed E-state index contributed by atoms with van der Waals surface area (Å²) in [7, 11) is 2.10. The minimum absolute atomic E-state index is 0.0499. The molecule has 3 N–H and O–H groups in total. The highest BCUT2D eigenvalue weighted by molar-refractivity contribution is 5.95. The summed E-state index contributed by atoms with van der Waals surface area (Å²) in [5.74, 6) is 0.0499. The molecule has 0 bridgehead atoms. The van der Waals surface area contributed by atoms with E-state index in [0.29, 0.717) is 11.7 Å². The monoisotopic (exact) mass is 248 g/mol. The van der Waals surface area contributed by atoms with E-state index in [0.717, 1.165) is 5.69 Å². The Morgan fingerprint density at radius 1 is 1.44 bits per heavy atom. The van der Waals surface area contributed by atoms with Gasteiger partial charge in [-0.2, -0.15) is 0 Å². The van der Waals surface area contributed by atoms with E-state index in [1.807, 2.05) is 12.1 Å². The van der Waals surface area contributed by atoms with Crippen LogP contribution in [0.3, 0.4) is 0 Å². The Labute approximate surface area is 107 Å². The van der Waals surface area contributed by atoms with Crippen molar-refractivity contribution in [2.45, 2.75) is 38.1 Å². The first-order chi connectivity index (χ1) is 8.72. The third kappa shape index (κ3) is 2.72. The molecule has 0 atom stereocenters. The van der Waals surface area contributed by atoms with Crippen molar-refractivity contribution < 1.29 is 5.21 Å². The summed E-state index contributed by atoms with van der Waals surface area (Å²) in [6.07, 6.45) is 8.11. The molecule has 2 rings (SSSR count). The molecular formula is C13H20N4O. The van der Waals surface area contributed by atoms with Crippen LogP contribution in [0.15, 0.2) is 23.5 Å². The van der Waals surface area contributed by atoms with Crippen molar-refractivity contribution in [2.75, 3.05) is 11.9 Å². The molecule has 1 heterocycles. The van der Waals surface area contributed by atoms with Crippen LogP contribution in [0.5, 0.6) is 0 Å². The highest BCUT2D eigenvalue weighted by Gasteiger charge is 2.18. The van der Waals surface area contributed by atoms with Gasteiger partial charge in [-0.25, -0.2) is 0 Å². The van der Waals surface area contributed by atoms with E-state index in [1.165, 1.54) is 32.1 Å². The van der Waals surface area contributed by atoms with Gasteiger partial charge in [-0.1, -0.05) is 24.4 Å². The highest BCUT2D eigenvalue weighted by Crippen LogP contribution is 2.26. The number of pyridine rings is 1. The first kappa shape index (κ1) is 12.7. The molecule has 1 aromatic heterocycles. The van der Waals surface area contributed by atoms with Gasteiger partial charge in [0.05, 0.1) is 0 Å². The number of rotatable bonds is 3. The van der Waals surface area contributed by atoms with Gasteiger partial charge in [-0.15, -0.1) is 0 Å². The van der Waals surface area contributed by atoms with Crippen molar-refractivity contribution in [1.82, 2.24) is 4.98 Å². The molecule has 1 aromatic rings. The molecule has 0 spiro atoms. The van der Waals surface area contributed by atoms with Crippen molar-refractivity contribution in [1.29, 1.82) is 0 Å². The molecule has 5 heteroatoms. The molecule has 0 radical (unpaired) electrons. The third-order valence-electron chi connectivity index (χ3n) is 3.64. The predicted octanol–water partition coefficient (Wildman–Crippen LogP) is 1.94. The van der Waals surface area contributed by atoms with Crippen molar-refractivity contribution in [3.63, 3.8) is 0 Å². The second-order valence-electron chi connectivity index (χ2n) is 4.79. The van der Waals surface area contributed by atoms with E-state index in [-0.39, 0.29) is 5.84 Å². The molecule has 18 heavy (non-hydrogen) atoms. The van der Waals surface area contributed by atoms with Gasteiger partial charge < -0.3 is 15.8 Å². The minimum Gasteiger partial charge on any atom is -0.409 e. The van der Waals surface area contributed by atoms with Gasteiger partial charge in [0.2, 0.25) is 0 Å². The van der Waals surface area contributed by atoms with E-state index in [1.54, 1.807) is 6.20 Å². The number of hydrogen-bond donors (Lipinski definition) is 2. The molecule has 5 nitrogen and oxygen atoms in total. The van der Waals surface area contributed by atoms with Gasteiger partial charge in [0, 0.05) is 25.0 Å². The molecule has 1 saturated carbocycles. The number of nitrogens with two attached hydrogens (primary N) is 1. The van der Waals surface area contributed by atoms with Crippen LogP contribution in [0.4, 0.5) is 5.69 Å². The normalized spacial score (nSPS) is 17.7. The van der Waals surface area contributed by atoms with Crippen LogP contribution in [-0.4, -0.2) is 29.1 Å². The summed E-state index contributed by atoms with van der Waals surface area (Å²) in [6.45, 7) is 0. The fourth-order valence-electron chi connectivity index (χ4n) is 2.51. The number of oxime groups is 1. The fourth-order valence-corrected chi connectivity index (χ4v) is 2.51. The molecule has 0 aliphatic heterocycles. The Morgan fingerprint density at radius 2 is 2.17 bits per heavy atom. The average Bonchev–Trinajstić information content (AvgIpc) is 2.46. The number of aromatic nitrogens is 1. The lowest BCUT2D eigenvalue weighted by molar-refractivity contribution is 0.318. The molecule has 0 saturated heterocycles. The maximum Gasteiger partial charge on any atom is 0.188 e. The van der Waals surface area contributed by atoms with Gasteiger partial charge in [0.25, 0.3) is 0 Å². The number of anilines is 1. The zero-order chi connectivity index (χ0) is 13.0. The molecule has 0 amide bonds. The highest BCUT2D eigenvalue weighted by atomic mass is 16.4. The first-order valence-corrected chi connectivity index (χ1v) is 6.39. The van der Waals surface area contributed by atoms with Gasteiger partial charge in [0.15, 0.2) is 5.84 Å². The zero-order valence-corrected chi connectivity index (χ0v) is 10.7. The van der Waals surface area contributed by atoms with Gasteiger partial charge >= 0.3 is 0 Å². The lowest BCUT2D eigenvalue weighted by Crippen LogP contribution is -2.33. The largest absolute Gasteiger partial charge is 0.409 e. The smallest absolute Gasteiger partial charge is 0.188 e. The summed E-state index contributed by atoms with van der Waals surface area (Å²) < 4.78 is 0. The molecule has 0 aromatic carbocycles. The summed E-state index contributed by atoms with van der Waals surface area (Å²) in [6, 6.07) is 4.41. The Morgan fingerprint density at radius 3 is 2.83 bits per heavy atom. The third-order valence-corrected chi connectivity index (χ3v) is 3.64. The molecule has 1 aliphatic rings. The second kappa shape index (κ2) is 5.71. The maximum absolute atomic E-state index is 8.68. The Bertz CT molecular complexity index is 427. The maximum atomic E-state index is 8.68. The van der Waals surface area contributed by atoms with Gasteiger partial charge in [0.1, 0.15) is 5.69 Å². The van der Waals surface area contributed by atoms with E-state index < -0.39 is 0 Å². The Hall–Kier alpha value is -1.78. The van der Waals surface area contributed by atoms with Crippen molar-refractivity contribution >= 4 is 11.5 Å². The van der Waals surface area contributed by atoms with Crippen molar-refractivity contribution in [3.8, 4) is 0 Å². The predicted molar refractivity (Wildman–Crippen MR) is 72.0 cm³/mol. The van der Waals surface area contributed by atoms with Crippen LogP contribution in [0.2, 0.25) is 0 Å². The molecular weight excluding hydrogens is 228 g/mol. The molecule has 1 fully saturated rings. The van der Waals surface area contributed by atoms with Crippen LogP contribution in [0.1, 0.15) is 37.8 Å². The zero-order valence-electron chi connectivity index (χ0n) is 10.7. The number of amidine groups is 1. The van der Waals surface area contributed by atoms with Crippen LogP contribution >= 0.6 is 0 Å². The van der Waals surface area contributed by atoms with E-state index in [9.17, 15) is 0 Å². The minimum atomic E-state index is 0.0499. The fraction of sp³-hybridized carbons (Fsp3) is 0.538. The standard InChI is InChI=1S/C13H20N4O/c1-17(10-5-3-2-4-6-10)11-7-8-15-12(9-11)13(14)16-18/h7-10,18H,2-6H2,1H3,(H2,14,16). The van der Waals surface area contributed by atoms with Gasteiger partial charge in [-0.3, -0.25) is 4.98 Å². The first-order valence-electron chi connectivity index (χ1n) is 6.39. The SMILES string of the molecule is CN(c1ccnc(C(N)=NO)c1)C1CCCCC1. The quantitative estimate of drug-likeness (QED) is 0.371. The Balaban J connectivity index is 2.16. The summed E-state index contributed by atoms with van der Waals surface area (Å²) >= 11 is 0. The average molecular weight is 248 g/mol. The molecule has 1 aliphatic carbocycles. The number of hydrogen-bond acceptors (Lipinski definition) is 4. The number of nitrogens with zero attached hydrogens (tertiary/aromatic N) is 3. The van der Waals surface area contributed by atoms with E-state index >= 15 is 0 Å². The van der Waals surface area contributed by atoms with E-state index in [2.05, 4.69) is 22.1 Å². The summed E-state index contributed by atoms with van der Waals surface area (Å²) in [5, 5.41) is 11.7. The summed E-state index contributed by atoms with van der Waals surface area (Å²) in [5.41, 5.74) is 7.14. The Kier molecular flexibility index (Phi) is 4.02. The lowest BCUT2D eigenvalue weighted by atomic mass is 9.94. The molecule has 98 valence electrons. The van der Waals surface area contributed by atoms with Crippen LogP contribution < -0.4 is 10.6 Å². The summed E-state index contributed by atoms with van der Waals surface area (Å²) in [4.78, 5) is 6.37. The molecule has 0 unspecified atom stereocenters. The van der Waals surface area contributed by atoms with Crippen molar-refractivity contribution in [2.24, 2.45) is 10.9 Å². The van der Waals surface area contributed by atoms with Crippen LogP contribution in [-0.2, 0) is 0 Å². The van der Waals surface area contributed by atoms with Crippen molar-refractivity contribution in [3.05, 3.63) is 24.0 Å². The lowest BCUT2D eigenvalue weighted by Gasteiger charge is -2.33. The van der Waals surface area contributed by atoms with Crippen LogP contribution in [0, 0.1) is 0 Å².